The predicted molar refractivity (Wildman–Crippen MR) is 110 cm³/mol. The van der Waals surface area contributed by atoms with Crippen LogP contribution in [0.3, 0.4) is 0 Å². The van der Waals surface area contributed by atoms with Gasteiger partial charge in [-0.1, -0.05) is 43.2 Å². The fourth-order valence-electron chi connectivity index (χ4n) is 4.08. The van der Waals surface area contributed by atoms with Crippen LogP contribution >= 0.6 is 11.8 Å². The molecule has 6 nitrogen and oxygen atoms in total. The lowest BCUT2D eigenvalue weighted by Crippen LogP contribution is -2.33. The molecule has 4 rings (SSSR count). The summed E-state index contributed by atoms with van der Waals surface area (Å²) in [6, 6.07) is 6.91. The van der Waals surface area contributed by atoms with Gasteiger partial charge in [-0.3, -0.25) is 9.36 Å². The minimum absolute atomic E-state index is 0.0452. The number of hydrogen-bond acceptors (Lipinski definition) is 5. The molecule has 2 fully saturated rings. The lowest BCUT2D eigenvalue weighted by molar-refractivity contribution is -0.119. The Morgan fingerprint density at radius 2 is 2.00 bits per heavy atom. The molecule has 2 aliphatic rings. The fourth-order valence-corrected chi connectivity index (χ4v) is 4.92. The molecule has 2 heterocycles. The first-order valence-corrected chi connectivity index (χ1v) is 11.4. The topological polar surface area (TPSA) is 69.0 Å². The van der Waals surface area contributed by atoms with Crippen molar-refractivity contribution in [3.05, 3.63) is 30.1 Å². The van der Waals surface area contributed by atoms with Crippen LogP contribution in [0, 0.1) is 5.82 Å². The van der Waals surface area contributed by atoms with Crippen LogP contribution in [0.1, 0.15) is 51.0 Å². The summed E-state index contributed by atoms with van der Waals surface area (Å²) in [6.45, 7) is 1.33. The van der Waals surface area contributed by atoms with Gasteiger partial charge in [0.05, 0.1) is 17.4 Å². The Balaban J connectivity index is 1.48. The molecule has 156 valence electrons. The number of benzene rings is 1. The van der Waals surface area contributed by atoms with Gasteiger partial charge in [-0.2, -0.15) is 0 Å². The molecule has 1 aliphatic heterocycles. The maximum absolute atomic E-state index is 14.4. The third-order valence-electron chi connectivity index (χ3n) is 5.60. The van der Waals surface area contributed by atoms with Crippen molar-refractivity contribution in [2.75, 3.05) is 18.9 Å². The van der Waals surface area contributed by atoms with Gasteiger partial charge >= 0.3 is 0 Å². The molecule has 1 atom stereocenters. The fraction of sp³-hybridized carbons (Fsp3) is 0.571. The van der Waals surface area contributed by atoms with Gasteiger partial charge in [-0.15, -0.1) is 10.2 Å². The van der Waals surface area contributed by atoms with Crippen molar-refractivity contribution in [2.45, 2.75) is 62.2 Å². The van der Waals surface area contributed by atoms with Crippen LogP contribution in [-0.2, 0) is 9.53 Å². The molecule has 0 bridgehead atoms. The maximum atomic E-state index is 14.4. The largest absolute Gasteiger partial charge is 0.376 e. The summed E-state index contributed by atoms with van der Waals surface area (Å²) in [4.78, 5) is 12.3. The molecule has 1 amide bonds. The number of carbonyl (C=O) groups excluding carboxylic acids is 1. The third kappa shape index (κ3) is 4.98. The smallest absolute Gasteiger partial charge is 0.230 e. The van der Waals surface area contributed by atoms with E-state index in [4.69, 9.17) is 4.74 Å². The minimum Gasteiger partial charge on any atom is -0.376 e. The van der Waals surface area contributed by atoms with E-state index in [-0.39, 0.29) is 29.6 Å². The monoisotopic (exact) mass is 418 g/mol. The first-order valence-electron chi connectivity index (χ1n) is 10.4. The molecule has 1 aromatic heterocycles. The predicted octanol–water partition coefficient (Wildman–Crippen LogP) is 3.98. The van der Waals surface area contributed by atoms with Crippen molar-refractivity contribution >= 4 is 17.7 Å². The van der Waals surface area contributed by atoms with Crippen LogP contribution in [0.2, 0.25) is 0 Å². The van der Waals surface area contributed by atoms with Gasteiger partial charge < -0.3 is 10.1 Å². The zero-order chi connectivity index (χ0) is 20.1. The van der Waals surface area contributed by atoms with E-state index in [0.717, 1.165) is 45.1 Å². The molecule has 0 radical (unpaired) electrons. The molecule has 1 aromatic carbocycles. The second-order valence-corrected chi connectivity index (χ2v) is 8.62. The number of hydrogen-bond donors (Lipinski definition) is 1. The van der Waals surface area contributed by atoms with Gasteiger partial charge in [0.1, 0.15) is 5.82 Å². The van der Waals surface area contributed by atoms with E-state index in [1.165, 1.54) is 24.2 Å². The molecular formula is C21H27FN4O2S. The van der Waals surface area contributed by atoms with Crippen LogP contribution in [0.15, 0.2) is 29.4 Å². The lowest BCUT2D eigenvalue weighted by atomic mass is 9.95. The summed E-state index contributed by atoms with van der Waals surface area (Å²) in [6.07, 6.45) is 7.74. The Bertz CT molecular complexity index is 832. The zero-order valence-corrected chi connectivity index (χ0v) is 17.3. The Morgan fingerprint density at radius 1 is 1.17 bits per heavy atom. The first-order chi connectivity index (χ1) is 14.2. The summed E-state index contributed by atoms with van der Waals surface area (Å²) in [7, 11) is 0. The SMILES string of the molecule is O=C(CSc1nnc(-c2ccccc2F)n1C1CCCCC1)NCC1CCCO1. The highest BCUT2D eigenvalue weighted by Gasteiger charge is 2.25. The highest BCUT2D eigenvalue weighted by Crippen LogP contribution is 2.36. The van der Waals surface area contributed by atoms with Crippen LogP contribution in [0.4, 0.5) is 4.39 Å². The zero-order valence-electron chi connectivity index (χ0n) is 16.5. The summed E-state index contributed by atoms with van der Waals surface area (Å²) >= 11 is 1.37. The quantitative estimate of drug-likeness (QED) is 0.689. The van der Waals surface area contributed by atoms with Gasteiger partial charge in [0.15, 0.2) is 11.0 Å². The Morgan fingerprint density at radius 3 is 2.76 bits per heavy atom. The third-order valence-corrected chi connectivity index (χ3v) is 6.55. The van der Waals surface area contributed by atoms with Crippen LogP contribution in [0.25, 0.3) is 11.4 Å². The van der Waals surface area contributed by atoms with E-state index in [1.54, 1.807) is 12.1 Å². The minimum atomic E-state index is -0.303. The average molecular weight is 419 g/mol. The lowest BCUT2D eigenvalue weighted by Gasteiger charge is -2.25. The molecular weight excluding hydrogens is 391 g/mol. The number of thioether (sulfide) groups is 1. The number of nitrogens with zero attached hydrogens (tertiary/aromatic N) is 3. The van der Waals surface area contributed by atoms with E-state index in [0.29, 0.717) is 23.1 Å². The Labute approximate surface area is 174 Å². The van der Waals surface area contributed by atoms with E-state index in [1.807, 2.05) is 6.07 Å². The number of aromatic nitrogens is 3. The Kier molecular flexibility index (Phi) is 6.82. The summed E-state index contributed by atoms with van der Waals surface area (Å²) in [5.41, 5.74) is 0.459. The van der Waals surface area contributed by atoms with Crippen molar-refractivity contribution in [3.8, 4) is 11.4 Å². The van der Waals surface area contributed by atoms with Crippen molar-refractivity contribution < 1.29 is 13.9 Å². The molecule has 29 heavy (non-hydrogen) atoms. The second kappa shape index (κ2) is 9.71. The molecule has 2 aromatic rings. The van der Waals surface area contributed by atoms with Crippen molar-refractivity contribution in [1.29, 1.82) is 0 Å². The molecule has 1 saturated carbocycles. The van der Waals surface area contributed by atoms with Gasteiger partial charge in [-0.25, -0.2) is 4.39 Å². The summed E-state index contributed by atoms with van der Waals surface area (Å²) in [5, 5.41) is 12.3. The van der Waals surface area contributed by atoms with Crippen molar-refractivity contribution in [2.24, 2.45) is 0 Å². The summed E-state index contributed by atoms with van der Waals surface area (Å²) < 4.78 is 22.0. The van der Waals surface area contributed by atoms with Crippen LogP contribution < -0.4 is 5.32 Å². The molecule has 1 aliphatic carbocycles. The van der Waals surface area contributed by atoms with E-state index >= 15 is 0 Å². The number of carbonyl (C=O) groups is 1. The highest BCUT2D eigenvalue weighted by molar-refractivity contribution is 7.99. The van der Waals surface area contributed by atoms with Gasteiger partial charge in [0, 0.05) is 19.2 Å². The van der Waals surface area contributed by atoms with Gasteiger partial charge in [0.2, 0.25) is 5.91 Å². The standard InChI is InChI=1S/C21H27FN4O2S/c22-18-11-5-4-10-17(18)20-24-25-21(26(20)15-7-2-1-3-8-15)29-14-19(27)23-13-16-9-6-12-28-16/h4-5,10-11,15-16H,1-3,6-9,12-14H2,(H,23,27). The van der Waals surface area contributed by atoms with Crippen molar-refractivity contribution in [3.63, 3.8) is 0 Å². The number of amides is 1. The number of rotatable bonds is 7. The number of nitrogens with one attached hydrogen (secondary N) is 1. The normalized spacial score (nSPS) is 20.1. The molecule has 0 spiro atoms. The van der Waals surface area contributed by atoms with Crippen LogP contribution in [0.5, 0.6) is 0 Å². The maximum Gasteiger partial charge on any atom is 0.230 e. The Hall–Kier alpha value is -1.93. The average Bonchev–Trinajstić information content (AvgIpc) is 3.41. The van der Waals surface area contributed by atoms with E-state index in [2.05, 4.69) is 20.1 Å². The van der Waals surface area contributed by atoms with Crippen LogP contribution in [-0.4, -0.2) is 45.7 Å². The van der Waals surface area contributed by atoms with Gasteiger partial charge in [0.25, 0.3) is 0 Å². The number of halogens is 1. The number of ether oxygens (including phenoxy) is 1. The molecule has 8 heteroatoms. The van der Waals surface area contributed by atoms with Crippen molar-refractivity contribution in [1.82, 2.24) is 20.1 Å². The van der Waals surface area contributed by atoms with E-state index < -0.39 is 0 Å². The molecule has 1 saturated heterocycles. The first kappa shape index (κ1) is 20.3. The highest BCUT2D eigenvalue weighted by atomic mass is 32.2. The molecule has 1 N–H and O–H groups in total. The second-order valence-electron chi connectivity index (χ2n) is 7.68. The van der Waals surface area contributed by atoms with Gasteiger partial charge in [-0.05, 0) is 37.8 Å². The van der Waals surface area contributed by atoms with E-state index in [9.17, 15) is 9.18 Å². The molecule has 1 unspecified atom stereocenters. The summed E-state index contributed by atoms with van der Waals surface area (Å²) in [5.74, 6) is 0.464.